The first-order valence-electron chi connectivity index (χ1n) is 10.8. The van der Waals surface area contributed by atoms with Crippen LogP contribution in [0.3, 0.4) is 0 Å². The van der Waals surface area contributed by atoms with E-state index in [-0.39, 0.29) is 5.91 Å². The molecule has 5 rings (SSSR count). The number of morpholine rings is 1. The summed E-state index contributed by atoms with van der Waals surface area (Å²) in [6, 6.07) is 19.9. The Morgan fingerprint density at radius 3 is 2.47 bits per heavy atom. The number of hydrogen-bond acceptors (Lipinski definition) is 5. The number of rotatable bonds is 6. The van der Waals surface area contributed by atoms with Crippen LogP contribution in [-0.4, -0.2) is 51.9 Å². The van der Waals surface area contributed by atoms with Crippen LogP contribution in [0.1, 0.15) is 21.5 Å². The highest BCUT2D eigenvalue weighted by Gasteiger charge is 2.13. The summed E-state index contributed by atoms with van der Waals surface area (Å²) < 4.78 is 7.24. The summed E-state index contributed by atoms with van der Waals surface area (Å²) in [5, 5.41) is 8.25. The molecule has 1 saturated heterocycles. The van der Waals surface area contributed by atoms with Crippen molar-refractivity contribution in [1.29, 1.82) is 0 Å². The van der Waals surface area contributed by atoms with Gasteiger partial charge in [-0.25, -0.2) is 9.67 Å². The normalized spacial score (nSPS) is 14.5. The number of hydrogen-bond donors (Lipinski definition) is 1. The van der Waals surface area contributed by atoms with Gasteiger partial charge in [-0.15, -0.1) is 0 Å². The number of ether oxygens (including phenoxy) is 1. The minimum atomic E-state index is -0.184. The van der Waals surface area contributed by atoms with Gasteiger partial charge in [-0.05, 0) is 29.3 Å². The molecule has 3 heterocycles. The molecule has 0 saturated carbocycles. The van der Waals surface area contributed by atoms with Gasteiger partial charge in [0.15, 0.2) is 5.65 Å². The van der Waals surface area contributed by atoms with Gasteiger partial charge in [-0.1, -0.05) is 42.5 Å². The molecule has 2 aromatic carbocycles. The molecular formula is C25H25N5O2. The first-order chi connectivity index (χ1) is 15.7. The molecule has 7 nitrogen and oxygen atoms in total. The summed E-state index contributed by atoms with van der Waals surface area (Å²) in [5.41, 5.74) is 4.41. The molecule has 1 aliphatic heterocycles. The maximum absolute atomic E-state index is 12.8. The Morgan fingerprint density at radius 2 is 1.69 bits per heavy atom. The molecule has 32 heavy (non-hydrogen) atoms. The number of pyridine rings is 1. The molecule has 1 aliphatic rings. The number of carbonyl (C=O) groups excluding carboxylic acids is 1. The predicted octanol–water partition coefficient (Wildman–Crippen LogP) is 3.56. The summed E-state index contributed by atoms with van der Waals surface area (Å²) in [6.07, 6.45) is 3.36. The van der Waals surface area contributed by atoms with Crippen LogP contribution in [0.15, 0.2) is 73.1 Å². The lowest BCUT2D eigenvalue weighted by atomic mass is 10.1. The summed E-state index contributed by atoms with van der Waals surface area (Å²) >= 11 is 0. The summed E-state index contributed by atoms with van der Waals surface area (Å²) in [6.45, 7) is 5.02. The summed E-state index contributed by atoms with van der Waals surface area (Å²) in [4.78, 5) is 19.6. The summed E-state index contributed by atoms with van der Waals surface area (Å²) in [5.74, 6) is -0.184. The van der Waals surface area contributed by atoms with E-state index in [0.29, 0.717) is 12.1 Å². The molecule has 0 radical (unpaired) electrons. The molecule has 2 aromatic heterocycles. The van der Waals surface area contributed by atoms with Crippen molar-refractivity contribution in [1.82, 2.24) is 19.7 Å². The maximum Gasteiger partial charge on any atom is 0.257 e. The third-order valence-electron chi connectivity index (χ3n) is 5.63. The molecule has 4 aromatic rings. The predicted molar refractivity (Wildman–Crippen MR) is 124 cm³/mol. The number of amides is 1. The second kappa shape index (κ2) is 9.30. The van der Waals surface area contributed by atoms with Gasteiger partial charge in [0.1, 0.15) is 0 Å². The SMILES string of the molecule is O=C(Nc1ccc(CN2CCOCC2)cc1)c1cnc2c(cnn2Cc2ccccc2)c1. The van der Waals surface area contributed by atoms with Crippen LogP contribution in [0.2, 0.25) is 0 Å². The molecule has 0 atom stereocenters. The van der Waals surface area contributed by atoms with Crippen LogP contribution in [0.4, 0.5) is 5.69 Å². The van der Waals surface area contributed by atoms with Crippen LogP contribution in [-0.2, 0) is 17.8 Å². The zero-order valence-electron chi connectivity index (χ0n) is 17.8. The third kappa shape index (κ3) is 4.69. The fraction of sp³-hybridized carbons (Fsp3) is 0.240. The molecule has 0 aliphatic carbocycles. The van der Waals surface area contributed by atoms with Crippen LogP contribution < -0.4 is 5.32 Å². The topological polar surface area (TPSA) is 72.3 Å². The quantitative estimate of drug-likeness (QED) is 0.509. The van der Waals surface area contributed by atoms with Gasteiger partial charge < -0.3 is 10.1 Å². The van der Waals surface area contributed by atoms with Gasteiger partial charge in [-0.2, -0.15) is 5.10 Å². The van der Waals surface area contributed by atoms with Gasteiger partial charge >= 0.3 is 0 Å². The number of aromatic nitrogens is 3. The monoisotopic (exact) mass is 427 g/mol. The van der Waals surface area contributed by atoms with Crippen molar-refractivity contribution >= 4 is 22.6 Å². The van der Waals surface area contributed by atoms with E-state index in [4.69, 9.17) is 4.74 Å². The van der Waals surface area contributed by atoms with Crippen molar-refractivity contribution in [3.8, 4) is 0 Å². The standard InChI is InChI=1S/C25H25N5O2/c31-25(28-23-8-6-20(7-9-23)17-29-10-12-32-13-11-29)22-14-21-16-27-30(24(21)26-15-22)18-19-4-2-1-3-5-19/h1-9,14-16H,10-13,17-18H2,(H,28,31). The number of benzene rings is 2. The first kappa shape index (κ1) is 20.4. The number of fused-ring (bicyclic) bond motifs is 1. The largest absolute Gasteiger partial charge is 0.379 e. The fourth-order valence-corrected chi connectivity index (χ4v) is 3.88. The highest BCUT2D eigenvalue weighted by atomic mass is 16.5. The molecule has 162 valence electrons. The van der Waals surface area contributed by atoms with Gasteiger partial charge in [-0.3, -0.25) is 9.69 Å². The molecule has 0 bridgehead atoms. The molecule has 0 spiro atoms. The van der Waals surface area contributed by atoms with Crippen LogP contribution in [0, 0.1) is 0 Å². The Balaban J connectivity index is 1.24. The van der Waals surface area contributed by atoms with Crippen LogP contribution in [0.5, 0.6) is 0 Å². The lowest BCUT2D eigenvalue weighted by Crippen LogP contribution is -2.35. The van der Waals surface area contributed by atoms with Gasteiger partial charge in [0.05, 0.1) is 31.5 Å². The van der Waals surface area contributed by atoms with E-state index < -0.39 is 0 Å². The first-order valence-corrected chi connectivity index (χ1v) is 10.8. The molecule has 1 amide bonds. The van der Waals surface area contributed by atoms with Gasteiger partial charge in [0, 0.05) is 36.9 Å². The van der Waals surface area contributed by atoms with E-state index in [0.717, 1.165) is 55.1 Å². The number of nitrogens with zero attached hydrogens (tertiary/aromatic N) is 4. The lowest BCUT2D eigenvalue weighted by Gasteiger charge is -2.26. The molecule has 1 fully saturated rings. The Kier molecular flexibility index (Phi) is 5.91. The lowest BCUT2D eigenvalue weighted by molar-refractivity contribution is 0.0342. The molecule has 0 unspecified atom stereocenters. The molecule has 7 heteroatoms. The van der Waals surface area contributed by atoms with E-state index in [1.54, 1.807) is 12.4 Å². The zero-order valence-corrected chi connectivity index (χ0v) is 17.8. The second-order valence-electron chi connectivity index (χ2n) is 7.96. The van der Waals surface area contributed by atoms with E-state index in [9.17, 15) is 4.79 Å². The highest BCUT2D eigenvalue weighted by molar-refractivity contribution is 6.05. The smallest absolute Gasteiger partial charge is 0.257 e. The third-order valence-corrected chi connectivity index (χ3v) is 5.63. The number of nitrogens with one attached hydrogen (secondary N) is 1. The fourth-order valence-electron chi connectivity index (χ4n) is 3.88. The van der Waals surface area contributed by atoms with E-state index in [1.807, 2.05) is 41.1 Å². The van der Waals surface area contributed by atoms with Crippen molar-refractivity contribution in [3.63, 3.8) is 0 Å². The van der Waals surface area contributed by atoms with Gasteiger partial charge in [0.2, 0.25) is 0 Å². The Labute approximate surface area is 186 Å². The Bertz CT molecular complexity index is 1200. The van der Waals surface area contributed by atoms with Crippen molar-refractivity contribution in [2.24, 2.45) is 0 Å². The maximum atomic E-state index is 12.8. The second-order valence-corrected chi connectivity index (χ2v) is 7.96. The minimum absolute atomic E-state index is 0.184. The molecule has 1 N–H and O–H groups in total. The highest BCUT2D eigenvalue weighted by Crippen LogP contribution is 2.17. The van der Waals surface area contributed by atoms with Gasteiger partial charge in [0.25, 0.3) is 5.91 Å². The van der Waals surface area contributed by atoms with Crippen molar-refractivity contribution < 1.29 is 9.53 Å². The number of anilines is 1. The zero-order chi connectivity index (χ0) is 21.8. The van der Waals surface area contributed by atoms with E-state index in [2.05, 4.69) is 44.6 Å². The van der Waals surface area contributed by atoms with Crippen LogP contribution >= 0.6 is 0 Å². The Morgan fingerprint density at radius 1 is 0.938 bits per heavy atom. The summed E-state index contributed by atoms with van der Waals surface area (Å²) in [7, 11) is 0. The van der Waals surface area contributed by atoms with E-state index in [1.165, 1.54) is 5.56 Å². The van der Waals surface area contributed by atoms with Crippen molar-refractivity contribution in [2.75, 3.05) is 31.6 Å². The van der Waals surface area contributed by atoms with E-state index >= 15 is 0 Å². The average Bonchev–Trinajstić information content (AvgIpc) is 3.23. The Hall–Kier alpha value is -3.55. The van der Waals surface area contributed by atoms with Crippen LogP contribution in [0.25, 0.3) is 11.0 Å². The van der Waals surface area contributed by atoms with Crippen molar-refractivity contribution in [2.45, 2.75) is 13.1 Å². The average molecular weight is 428 g/mol. The minimum Gasteiger partial charge on any atom is -0.379 e. The molecular weight excluding hydrogens is 402 g/mol. The number of carbonyl (C=O) groups is 1. The van der Waals surface area contributed by atoms with Crippen molar-refractivity contribution in [3.05, 3.63) is 89.7 Å².